The fraction of sp³-hybridized carbons (Fsp3) is 0.176. The first kappa shape index (κ1) is 15.4. The number of carbonyl (C=O) groups excluding carboxylic acids is 1. The summed E-state index contributed by atoms with van der Waals surface area (Å²) in [4.78, 5) is 15.5. The van der Waals surface area contributed by atoms with Crippen LogP contribution in [-0.2, 0) is 11.3 Å². The first-order chi connectivity index (χ1) is 10.7. The molecule has 1 heterocycles. The third kappa shape index (κ3) is 5.55. The van der Waals surface area contributed by atoms with Crippen LogP contribution in [0.1, 0.15) is 17.7 Å². The molecule has 0 aliphatic carbocycles. The van der Waals surface area contributed by atoms with Crippen LogP contribution in [0.15, 0.2) is 48.7 Å². The minimum absolute atomic E-state index is 0.258. The Hall–Kier alpha value is -3.00. The lowest BCUT2D eigenvalue weighted by atomic mass is 10.2. The lowest BCUT2D eigenvalue weighted by Gasteiger charge is -2.05. The van der Waals surface area contributed by atoms with E-state index in [4.69, 9.17) is 10.5 Å². The molecule has 0 spiro atoms. The maximum Gasteiger partial charge on any atom is 0.407 e. The monoisotopic (exact) mass is 295 g/mol. The van der Waals surface area contributed by atoms with E-state index in [-0.39, 0.29) is 6.61 Å². The second-order valence-corrected chi connectivity index (χ2v) is 4.52. The average molecular weight is 295 g/mol. The highest BCUT2D eigenvalue weighted by molar-refractivity contribution is 5.67. The van der Waals surface area contributed by atoms with Gasteiger partial charge in [-0.3, -0.25) is 0 Å². The number of rotatable bonds is 4. The molecule has 0 saturated heterocycles. The predicted octanol–water partition coefficient (Wildman–Crippen LogP) is 2.33. The van der Waals surface area contributed by atoms with Crippen molar-refractivity contribution in [2.45, 2.75) is 13.0 Å². The Balaban J connectivity index is 1.64. The van der Waals surface area contributed by atoms with Crippen LogP contribution in [0.25, 0.3) is 0 Å². The maximum absolute atomic E-state index is 11.5. The molecule has 0 bridgehead atoms. The highest BCUT2D eigenvalue weighted by atomic mass is 16.5. The second kappa shape index (κ2) is 8.32. The fourth-order valence-corrected chi connectivity index (χ4v) is 1.63. The van der Waals surface area contributed by atoms with Crippen LogP contribution in [0, 0.1) is 11.8 Å². The van der Waals surface area contributed by atoms with Gasteiger partial charge in [-0.25, -0.2) is 9.78 Å². The zero-order chi connectivity index (χ0) is 15.6. The van der Waals surface area contributed by atoms with E-state index in [1.807, 2.05) is 30.3 Å². The number of anilines is 1. The normalized spacial score (nSPS) is 9.45. The van der Waals surface area contributed by atoms with Crippen molar-refractivity contribution in [1.82, 2.24) is 10.3 Å². The lowest BCUT2D eigenvalue weighted by Crippen LogP contribution is -2.24. The van der Waals surface area contributed by atoms with Crippen LogP contribution in [0.5, 0.6) is 0 Å². The summed E-state index contributed by atoms with van der Waals surface area (Å²) >= 11 is 0. The van der Waals surface area contributed by atoms with Crippen molar-refractivity contribution < 1.29 is 9.53 Å². The van der Waals surface area contributed by atoms with E-state index in [0.29, 0.717) is 24.3 Å². The first-order valence-electron chi connectivity index (χ1n) is 6.89. The third-order valence-electron chi connectivity index (χ3n) is 2.73. The Kier molecular flexibility index (Phi) is 5.82. The molecule has 22 heavy (non-hydrogen) atoms. The summed E-state index contributed by atoms with van der Waals surface area (Å²) in [5, 5.41) is 2.64. The van der Waals surface area contributed by atoms with Crippen LogP contribution in [0.4, 0.5) is 10.5 Å². The van der Waals surface area contributed by atoms with Crippen LogP contribution >= 0.6 is 0 Å². The highest BCUT2D eigenvalue weighted by Gasteiger charge is 2.00. The van der Waals surface area contributed by atoms with E-state index >= 15 is 0 Å². The molecule has 2 aromatic rings. The molecule has 3 N–H and O–H groups in total. The van der Waals surface area contributed by atoms with Gasteiger partial charge in [0, 0.05) is 13.0 Å². The molecule has 1 amide bonds. The Bertz CT molecular complexity index is 658. The number of ether oxygens (including phenoxy) is 1. The minimum Gasteiger partial charge on any atom is -0.445 e. The van der Waals surface area contributed by atoms with E-state index < -0.39 is 6.09 Å². The Morgan fingerprint density at radius 2 is 2.05 bits per heavy atom. The summed E-state index contributed by atoms with van der Waals surface area (Å²) in [6.07, 6.45) is 1.63. The highest BCUT2D eigenvalue weighted by Crippen LogP contribution is 2.00. The molecule has 0 aliphatic heterocycles. The van der Waals surface area contributed by atoms with Crippen molar-refractivity contribution in [3.63, 3.8) is 0 Å². The molecule has 0 radical (unpaired) electrons. The van der Waals surface area contributed by atoms with Gasteiger partial charge >= 0.3 is 6.09 Å². The Labute approximate surface area is 129 Å². The number of nitrogens with zero attached hydrogens (tertiary/aromatic N) is 1. The van der Waals surface area contributed by atoms with Crippen LogP contribution < -0.4 is 11.1 Å². The summed E-state index contributed by atoms with van der Waals surface area (Å²) in [6, 6.07) is 13.0. The van der Waals surface area contributed by atoms with Gasteiger partial charge in [-0.1, -0.05) is 36.3 Å². The number of hydrogen-bond acceptors (Lipinski definition) is 4. The molecule has 0 fully saturated rings. The van der Waals surface area contributed by atoms with Crippen molar-refractivity contribution >= 4 is 11.8 Å². The second-order valence-electron chi connectivity index (χ2n) is 4.52. The molecule has 0 unspecified atom stereocenters. The molecule has 112 valence electrons. The van der Waals surface area contributed by atoms with E-state index in [9.17, 15) is 4.79 Å². The summed E-state index contributed by atoms with van der Waals surface area (Å²) < 4.78 is 5.08. The molecule has 0 atom stereocenters. The lowest BCUT2D eigenvalue weighted by molar-refractivity contribution is 0.140. The maximum atomic E-state index is 11.5. The molecule has 0 saturated carbocycles. The number of amides is 1. The molecular formula is C17H17N3O2. The molecule has 5 nitrogen and oxygen atoms in total. The van der Waals surface area contributed by atoms with Crippen molar-refractivity contribution in [2.24, 2.45) is 0 Å². The van der Waals surface area contributed by atoms with E-state index in [1.165, 1.54) is 0 Å². The van der Waals surface area contributed by atoms with Gasteiger partial charge in [0.2, 0.25) is 0 Å². The molecule has 1 aromatic heterocycles. The number of hydrogen-bond donors (Lipinski definition) is 2. The number of pyridine rings is 1. The minimum atomic E-state index is -0.448. The van der Waals surface area contributed by atoms with Crippen LogP contribution in [-0.4, -0.2) is 17.6 Å². The smallest absolute Gasteiger partial charge is 0.407 e. The summed E-state index contributed by atoms with van der Waals surface area (Å²) in [5.74, 6) is 5.82. The SMILES string of the molecule is Nc1ccc(C#CCCNC(=O)OCc2ccccc2)nc1. The first-order valence-corrected chi connectivity index (χ1v) is 6.89. The quantitative estimate of drug-likeness (QED) is 0.670. The van der Waals surface area contributed by atoms with Gasteiger partial charge in [0.1, 0.15) is 12.3 Å². The third-order valence-corrected chi connectivity index (χ3v) is 2.73. The summed E-state index contributed by atoms with van der Waals surface area (Å²) in [7, 11) is 0. The van der Waals surface area contributed by atoms with Gasteiger partial charge in [-0.05, 0) is 23.6 Å². The topological polar surface area (TPSA) is 77.2 Å². The molecule has 2 rings (SSSR count). The number of benzene rings is 1. The van der Waals surface area contributed by atoms with Gasteiger partial charge in [0.15, 0.2) is 0 Å². The zero-order valence-electron chi connectivity index (χ0n) is 12.1. The van der Waals surface area contributed by atoms with E-state index in [1.54, 1.807) is 18.3 Å². The van der Waals surface area contributed by atoms with Crippen molar-refractivity contribution in [3.8, 4) is 11.8 Å². The number of carbonyl (C=O) groups is 1. The molecule has 5 heteroatoms. The van der Waals surface area contributed by atoms with Crippen LogP contribution in [0.3, 0.4) is 0 Å². The standard InChI is InChI=1S/C17H17N3O2/c18-15-9-10-16(20-12-15)8-4-5-11-19-17(21)22-13-14-6-2-1-3-7-14/h1-3,6-7,9-10,12H,5,11,13,18H2,(H,19,21). The number of aromatic nitrogens is 1. The number of alkyl carbamates (subject to hydrolysis) is 1. The number of nitrogens with two attached hydrogens (primary N) is 1. The van der Waals surface area contributed by atoms with Gasteiger partial charge in [-0.2, -0.15) is 0 Å². The summed E-state index contributed by atoms with van der Waals surface area (Å²) in [6.45, 7) is 0.684. The predicted molar refractivity (Wildman–Crippen MR) is 84.8 cm³/mol. The molecule has 1 aromatic carbocycles. The average Bonchev–Trinajstić information content (AvgIpc) is 2.55. The Morgan fingerprint density at radius 1 is 1.23 bits per heavy atom. The largest absolute Gasteiger partial charge is 0.445 e. The fourth-order valence-electron chi connectivity index (χ4n) is 1.63. The van der Waals surface area contributed by atoms with E-state index in [0.717, 1.165) is 5.56 Å². The molecular weight excluding hydrogens is 278 g/mol. The van der Waals surface area contributed by atoms with Crippen molar-refractivity contribution in [3.05, 3.63) is 59.9 Å². The van der Waals surface area contributed by atoms with Crippen molar-refractivity contribution in [2.75, 3.05) is 12.3 Å². The van der Waals surface area contributed by atoms with Crippen LogP contribution in [0.2, 0.25) is 0 Å². The summed E-state index contributed by atoms with van der Waals surface area (Å²) in [5.41, 5.74) is 7.74. The van der Waals surface area contributed by atoms with Gasteiger partial charge in [0.25, 0.3) is 0 Å². The molecule has 0 aliphatic rings. The van der Waals surface area contributed by atoms with Crippen molar-refractivity contribution in [1.29, 1.82) is 0 Å². The van der Waals surface area contributed by atoms with E-state index in [2.05, 4.69) is 22.1 Å². The van der Waals surface area contributed by atoms with Gasteiger partial charge in [-0.15, -0.1) is 0 Å². The number of nitrogen functional groups attached to an aromatic ring is 1. The Morgan fingerprint density at radius 3 is 2.77 bits per heavy atom. The number of nitrogens with one attached hydrogen (secondary N) is 1. The van der Waals surface area contributed by atoms with Gasteiger partial charge in [0.05, 0.1) is 11.9 Å². The van der Waals surface area contributed by atoms with Gasteiger partial charge < -0.3 is 15.8 Å². The zero-order valence-corrected chi connectivity index (χ0v) is 12.1.